The fourth-order valence-electron chi connectivity index (χ4n) is 3.34. The van der Waals surface area contributed by atoms with Crippen LogP contribution in [0.25, 0.3) is 0 Å². The Morgan fingerprint density at radius 3 is 2.20 bits per heavy atom. The molecule has 1 saturated carbocycles. The summed E-state index contributed by atoms with van der Waals surface area (Å²) in [6, 6.07) is 0. The van der Waals surface area contributed by atoms with E-state index in [4.69, 9.17) is 15.2 Å². The van der Waals surface area contributed by atoms with E-state index in [1.807, 2.05) is 6.92 Å². The molecule has 1 aliphatic heterocycles. The Balaban J connectivity index is 2.07. The predicted molar refractivity (Wildman–Crippen MR) is 76.4 cm³/mol. The van der Waals surface area contributed by atoms with E-state index in [0.717, 1.165) is 32.5 Å². The minimum Gasteiger partial charge on any atom is -0.377 e. The highest BCUT2D eigenvalue weighted by atomic mass is 16.5. The van der Waals surface area contributed by atoms with Crippen molar-refractivity contribution in [2.45, 2.75) is 37.5 Å². The van der Waals surface area contributed by atoms with Gasteiger partial charge in [0.15, 0.2) is 0 Å². The highest BCUT2D eigenvalue weighted by Gasteiger charge is 2.51. The van der Waals surface area contributed by atoms with Crippen LogP contribution >= 0.6 is 0 Å². The zero-order valence-corrected chi connectivity index (χ0v) is 12.7. The number of nitrogens with zero attached hydrogens (tertiary/aromatic N) is 1. The molecular weight excluding hydrogens is 258 g/mol. The molecule has 0 radical (unpaired) electrons. The molecule has 0 aromatic carbocycles. The van der Waals surface area contributed by atoms with Gasteiger partial charge in [0.05, 0.1) is 12.2 Å². The first-order valence-corrected chi connectivity index (χ1v) is 7.40. The summed E-state index contributed by atoms with van der Waals surface area (Å²) < 4.78 is 10.9. The van der Waals surface area contributed by atoms with Crippen molar-refractivity contribution in [1.82, 2.24) is 10.2 Å². The van der Waals surface area contributed by atoms with Crippen LogP contribution < -0.4 is 11.1 Å². The van der Waals surface area contributed by atoms with Gasteiger partial charge in [0.2, 0.25) is 5.91 Å². The van der Waals surface area contributed by atoms with Crippen LogP contribution in [-0.4, -0.2) is 69.0 Å². The van der Waals surface area contributed by atoms with Gasteiger partial charge < -0.3 is 20.5 Å². The van der Waals surface area contributed by atoms with Crippen molar-refractivity contribution in [2.24, 2.45) is 11.7 Å². The molecule has 2 aliphatic rings. The number of hydrogen-bond donors (Lipinski definition) is 2. The summed E-state index contributed by atoms with van der Waals surface area (Å²) >= 11 is 0. The molecule has 1 aliphatic carbocycles. The number of likely N-dealkylation sites (tertiary alicyclic amines) is 1. The maximum atomic E-state index is 12.1. The number of likely N-dealkylation sites (N-methyl/N-ethyl adjacent to an activating group) is 1. The van der Waals surface area contributed by atoms with Crippen LogP contribution in [0.4, 0.5) is 0 Å². The lowest BCUT2D eigenvalue weighted by Crippen LogP contribution is -2.63. The maximum Gasteiger partial charge on any atom is 0.239 e. The average Bonchev–Trinajstić information content (AvgIpc) is 3.20. The van der Waals surface area contributed by atoms with Gasteiger partial charge >= 0.3 is 0 Å². The topological polar surface area (TPSA) is 76.8 Å². The molecule has 20 heavy (non-hydrogen) atoms. The minimum absolute atomic E-state index is 0.0615. The van der Waals surface area contributed by atoms with E-state index in [9.17, 15) is 4.79 Å². The van der Waals surface area contributed by atoms with Gasteiger partial charge in [0, 0.05) is 33.9 Å². The van der Waals surface area contributed by atoms with E-state index < -0.39 is 5.54 Å². The zero-order chi connectivity index (χ0) is 14.8. The second-order valence-electron chi connectivity index (χ2n) is 5.88. The molecule has 2 fully saturated rings. The maximum absolute atomic E-state index is 12.1. The Morgan fingerprint density at radius 1 is 1.30 bits per heavy atom. The number of methoxy groups -OCH3 is 2. The van der Waals surface area contributed by atoms with Crippen molar-refractivity contribution in [3.05, 3.63) is 0 Å². The predicted octanol–water partition coefficient (Wildman–Crippen LogP) is -0.424. The highest BCUT2D eigenvalue weighted by molar-refractivity contribution is 5.86. The molecule has 0 aromatic heterocycles. The molecule has 0 spiro atoms. The monoisotopic (exact) mass is 285 g/mol. The van der Waals surface area contributed by atoms with E-state index in [1.54, 1.807) is 14.2 Å². The highest BCUT2D eigenvalue weighted by Crippen LogP contribution is 2.40. The third-order valence-corrected chi connectivity index (χ3v) is 4.58. The first kappa shape index (κ1) is 15.7. The standard InChI is InChI=1S/C14H27N3O3/c1-4-16-14(13(15)18,10-5-6-10)9-17-7-11(19-2)12(8-17)20-3/h10-12,16H,4-9H2,1-3H3,(H2,15,18). The smallest absolute Gasteiger partial charge is 0.239 e. The number of carbonyl (C=O) groups is 1. The SMILES string of the molecule is CCNC(CN1CC(OC)C(OC)C1)(C(N)=O)C1CC1. The van der Waals surface area contributed by atoms with Crippen LogP contribution in [0.5, 0.6) is 0 Å². The van der Waals surface area contributed by atoms with Crippen molar-refractivity contribution in [2.75, 3.05) is 40.4 Å². The molecule has 3 N–H and O–H groups in total. The Hall–Kier alpha value is -0.690. The van der Waals surface area contributed by atoms with E-state index in [2.05, 4.69) is 10.2 Å². The zero-order valence-electron chi connectivity index (χ0n) is 12.7. The van der Waals surface area contributed by atoms with Crippen molar-refractivity contribution >= 4 is 5.91 Å². The van der Waals surface area contributed by atoms with Crippen LogP contribution in [0.2, 0.25) is 0 Å². The third-order valence-electron chi connectivity index (χ3n) is 4.58. The van der Waals surface area contributed by atoms with Crippen LogP contribution in [0, 0.1) is 5.92 Å². The lowest BCUT2D eigenvalue weighted by molar-refractivity contribution is -0.126. The number of primary amides is 1. The number of hydrogen-bond acceptors (Lipinski definition) is 5. The summed E-state index contributed by atoms with van der Waals surface area (Å²) in [6.45, 7) is 4.96. The normalized spacial score (nSPS) is 30.4. The summed E-state index contributed by atoms with van der Waals surface area (Å²) in [5, 5.41) is 3.35. The van der Waals surface area contributed by atoms with Crippen molar-refractivity contribution in [3.63, 3.8) is 0 Å². The molecule has 1 amide bonds. The quantitative estimate of drug-likeness (QED) is 0.633. The van der Waals surface area contributed by atoms with Crippen LogP contribution in [0.3, 0.4) is 0 Å². The molecule has 6 heteroatoms. The molecular formula is C14H27N3O3. The Labute approximate surface area is 121 Å². The van der Waals surface area contributed by atoms with Crippen molar-refractivity contribution in [1.29, 1.82) is 0 Å². The van der Waals surface area contributed by atoms with Gasteiger partial charge in [-0.05, 0) is 25.3 Å². The van der Waals surface area contributed by atoms with Gasteiger partial charge in [-0.25, -0.2) is 0 Å². The Kier molecular flexibility index (Phi) is 5.01. The van der Waals surface area contributed by atoms with E-state index in [0.29, 0.717) is 12.5 Å². The number of carbonyl (C=O) groups excluding carboxylic acids is 1. The lowest BCUT2D eigenvalue weighted by Gasteiger charge is -2.35. The number of nitrogens with one attached hydrogen (secondary N) is 1. The average molecular weight is 285 g/mol. The van der Waals surface area contributed by atoms with Gasteiger partial charge in [0.25, 0.3) is 0 Å². The summed E-state index contributed by atoms with van der Waals surface area (Å²) in [6.07, 6.45) is 2.27. The summed E-state index contributed by atoms with van der Waals surface area (Å²) in [7, 11) is 3.40. The minimum atomic E-state index is -0.602. The number of amides is 1. The van der Waals surface area contributed by atoms with Gasteiger partial charge in [0.1, 0.15) is 5.54 Å². The Morgan fingerprint density at radius 2 is 1.85 bits per heavy atom. The molecule has 6 nitrogen and oxygen atoms in total. The van der Waals surface area contributed by atoms with Gasteiger partial charge in [-0.1, -0.05) is 6.92 Å². The molecule has 116 valence electrons. The summed E-state index contributed by atoms with van der Waals surface area (Å²) in [5.74, 6) is 0.124. The second-order valence-corrected chi connectivity index (χ2v) is 5.88. The van der Waals surface area contributed by atoms with Gasteiger partial charge in [-0.2, -0.15) is 0 Å². The molecule has 3 atom stereocenters. The lowest BCUT2D eigenvalue weighted by atomic mass is 9.91. The van der Waals surface area contributed by atoms with E-state index in [-0.39, 0.29) is 18.1 Å². The first-order chi connectivity index (χ1) is 9.57. The fraction of sp³-hybridized carbons (Fsp3) is 0.929. The molecule has 0 aromatic rings. The number of ether oxygens (including phenoxy) is 2. The second kappa shape index (κ2) is 6.39. The Bertz CT molecular complexity index is 337. The van der Waals surface area contributed by atoms with Crippen LogP contribution in [0.1, 0.15) is 19.8 Å². The molecule has 1 heterocycles. The molecule has 0 bridgehead atoms. The van der Waals surface area contributed by atoms with Gasteiger partial charge in [-0.15, -0.1) is 0 Å². The summed E-state index contributed by atoms with van der Waals surface area (Å²) in [5.41, 5.74) is 5.12. The largest absolute Gasteiger partial charge is 0.377 e. The first-order valence-electron chi connectivity index (χ1n) is 7.40. The van der Waals surface area contributed by atoms with Crippen LogP contribution in [-0.2, 0) is 14.3 Å². The molecule has 3 unspecified atom stereocenters. The van der Waals surface area contributed by atoms with Crippen molar-refractivity contribution in [3.8, 4) is 0 Å². The molecule has 1 saturated heterocycles. The number of rotatable bonds is 8. The third kappa shape index (κ3) is 2.98. The van der Waals surface area contributed by atoms with Crippen LogP contribution in [0.15, 0.2) is 0 Å². The fourth-order valence-corrected chi connectivity index (χ4v) is 3.34. The van der Waals surface area contributed by atoms with Gasteiger partial charge in [-0.3, -0.25) is 9.69 Å². The van der Waals surface area contributed by atoms with E-state index in [1.165, 1.54) is 0 Å². The number of nitrogens with two attached hydrogens (primary N) is 1. The van der Waals surface area contributed by atoms with E-state index >= 15 is 0 Å². The summed E-state index contributed by atoms with van der Waals surface area (Å²) in [4.78, 5) is 14.3. The molecule has 2 rings (SSSR count). The van der Waals surface area contributed by atoms with Crippen molar-refractivity contribution < 1.29 is 14.3 Å².